The Kier molecular flexibility index (Phi) is 6.96. The molecule has 29 heavy (non-hydrogen) atoms. The maximum atomic E-state index is 12.5. The third-order valence-electron chi connectivity index (χ3n) is 3.94. The number of ketones is 1. The van der Waals surface area contributed by atoms with Crippen molar-refractivity contribution in [3.8, 4) is 11.1 Å². The van der Waals surface area contributed by atoms with E-state index < -0.39 is 16.0 Å². The van der Waals surface area contributed by atoms with Crippen LogP contribution in [-0.2, 0) is 21.2 Å². The fourth-order valence-corrected chi connectivity index (χ4v) is 4.81. The second-order valence-electron chi connectivity index (χ2n) is 6.21. The first-order valence-electron chi connectivity index (χ1n) is 8.70. The van der Waals surface area contributed by atoms with Gasteiger partial charge in [0.2, 0.25) is 15.8 Å². The van der Waals surface area contributed by atoms with Crippen molar-refractivity contribution in [2.45, 2.75) is 6.42 Å². The molecule has 0 unspecified atom stereocenters. The van der Waals surface area contributed by atoms with Crippen LogP contribution in [0, 0.1) is 0 Å². The first-order chi connectivity index (χ1) is 13.8. The first-order valence-corrected chi connectivity index (χ1v) is 12.3. The van der Waals surface area contributed by atoms with E-state index in [0.29, 0.717) is 16.2 Å². The predicted octanol–water partition coefficient (Wildman–Crippen LogP) is 3.61. The number of benzene rings is 1. The van der Waals surface area contributed by atoms with Crippen LogP contribution >= 0.6 is 22.7 Å². The van der Waals surface area contributed by atoms with Crippen LogP contribution in [0.3, 0.4) is 0 Å². The summed E-state index contributed by atoms with van der Waals surface area (Å²) in [6.45, 7) is -0.0743. The van der Waals surface area contributed by atoms with Crippen molar-refractivity contribution >= 4 is 44.4 Å². The molecule has 0 saturated carbocycles. The molecule has 0 fully saturated rings. The lowest BCUT2D eigenvalue weighted by molar-refractivity contribution is 0.0481. The number of esters is 1. The van der Waals surface area contributed by atoms with E-state index in [4.69, 9.17) is 4.74 Å². The highest BCUT2D eigenvalue weighted by molar-refractivity contribution is 7.88. The molecule has 2 heterocycles. The minimum absolute atomic E-state index is 0.266. The molecule has 0 radical (unpaired) electrons. The summed E-state index contributed by atoms with van der Waals surface area (Å²) in [7, 11) is -3.24. The number of nitrogens with one attached hydrogen (secondary N) is 1. The lowest BCUT2D eigenvalue weighted by atomic mass is 10.1. The van der Waals surface area contributed by atoms with Crippen molar-refractivity contribution in [3.05, 3.63) is 68.5 Å². The van der Waals surface area contributed by atoms with Gasteiger partial charge in [0.15, 0.2) is 6.61 Å². The summed E-state index contributed by atoms with van der Waals surface area (Å²) >= 11 is 2.54. The lowest BCUT2D eigenvalue weighted by Gasteiger charge is -2.05. The van der Waals surface area contributed by atoms with E-state index in [9.17, 15) is 18.0 Å². The zero-order valence-electron chi connectivity index (χ0n) is 15.6. The number of hydrogen-bond acceptors (Lipinski definition) is 7. The maximum absolute atomic E-state index is 12.5. The molecular formula is C20H19NO5S3. The van der Waals surface area contributed by atoms with Gasteiger partial charge in [-0.3, -0.25) is 4.79 Å². The Morgan fingerprint density at radius 1 is 1.07 bits per heavy atom. The molecule has 0 saturated heterocycles. The largest absolute Gasteiger partial charge is 0.453 e. The molecule has 9 heteroatoms. The Labute approximate surface area is 177 Å². The number of carbonyl (C=O) groups is 2. The molecular weight excluding hydrogens is 430 g/mol. The van der Waals surface area contributed by atoms with Crippen LogP contribution in [0.2, 0.25) is 0 Å². The Hall–Kier alpha value is -2.33. The van der Waals surface area contributed by atoms with Crippen molar-refractivity contribution in [1.82, 2.24) is 4.72 Å². The summed E-state index contributed by atoms with van der Waals surface area (Å²) in [5.74, 6) is -0.815. The van der Waals surface area contributed by atoms with Gasteiger partial charge in [0, 0.05) is 17.0 Å². The zero-order chi connectivity index (χ0) is 20.9. The molecule has 2 aromatic heterocycles. The van der Waals surface area contributed by atoms with Crippen LogP contribution < -0.4 is 4.72 Å². The molecule has 152 valence electrons. The second kappa shape index (κ2) is 9.45. The third-order valence-corrected chi connectivity index (χ3v) is 6.75. The fourth-order valence-electron chi connectivity index (χ4n) is 2.60. The molecule has 1 aromatic carbocycles. The average Bonchev–Trinajstić information content (AvgIpc) is 3.35. The van der Waals surface area contributed by atoms with Gasteiger partial charge in [-0.2, -0.15) is 0 Å². The molecule has 0 spiro atoms. The zero-order valence-corrected chi connectivity index (χ0v) is 18.0. The number of hydrogen-bond donors (Lipinski definition) is 1. The standard InChI is InChI=1S/C20H19NO5S3/c1-29(24,25)21-11-9-15-7-8-18(28-15)17(22)13-26-20(23)19-16(10-12-27-19)14-5-3-2-4-6-14/h2-8,10,12,21H,9,11,13H2,1H3. The third kappa shape index (κ3) is 6.07. The minimum Gasteiger partial charge on any atom is -0.453 e. The fraction of sp³-hybridized carbons (Fsp3) is 0.200. The summed E-state index contributed by atoms with van der Waals surface area (Å²) in [5.41, 5.74) is 1.70. The van der Waals surface area contributed by atoms with Gasteiger partial charge in [0.05, 0.1) is 11.1 Å². The summed E-state index contributed by atoms with van der Waals surface area (Å²) in [4.78, 5) is 26.6. The maximum Gasteiger partial charge on any atom is 0.349 e. The topological polar surface area (TPSA) is 89.5 Å². The normalized spacial score (nSPS) is 11.3. The SMILES string of the molecule is CS(=O)(=O)NCCc1ccc(C(=O)COC(=O)c2sccc2-c2ccccc2)s1. The molecule has 0 atom stereocenters. The van der Waals surface area contributed by atoms with Crippen LogP contribution in [0.4, 0.5) is 0 Å². The monoisotopic (exact) mass is 449 g/mol. The average molecular weight is 450 g/mol. The summed E-state index contributed by atoms with van der Waals surface area (Å²) in [6.07, 6.45) is 1.59. The predicted molar refractivity (Wildman–Crippen MR) is 115 cm³/mol. The molecule has 0 amide bonds. The molecule has 6 nitrogen and oxygen atoms in total. The number of rotatable bonds is 9. The van der Waals surface area contributed by atoms with Crippen molar-refractivity contribution < 1.29 is 22.7 Å². The van der Waals surface area contributed by atoms with E-state index in [-0.39, 0.29) is 18.9 Å². The van der Waals surface area contributed by atoms with Gasteiger partial charge >= 0.3 is 5.97 Å². The molecule has 3 rings (SSSR count). The highest BCUT2D eigenvalue weighted by Gasteiger charge is 2.18. The van der Waals surface area contributed by atoms with Gasteiger partial charge in [-0.15, -0.1) is 22.7 Å². The van der Waals surface area contributed by atoms with Gasteiger partial charge in [0.25, 0.3) is 0 Å². The quantitative estimate of drug-likeness (QED) is 0.398. The van der Waals surface area contributed by atoms with Crippen LogP contribution in [0.15, 0.2) is 53.9 Å². The highest BCUT2D eigenvalue weighted by atomic mass is 32.2. The lowest BCUT2D eigenvalue weighted by Crippen LogP contribution is -2.24. The van der Waals surface area contributed by atoms with Crippen molar-refractivity contribution in [2.24, 2.45) is 0 Å². The van der Waals surface area contributed by atoms with Gasteiger partial charge in [-0.05, 0) is 35.6 Å². The van der Waals surface area contributed by atoms with Crippen molar-refractivity contribution in [1.29, 1.82) is 0 Å². The second-order valence-corrected chi connectivity index (χ2v) is 10.1. The van der Waals surface area contributed by atoms with Crippen LogP contribution in [0.5, 0.6) is 0 Å². The Bertz CT molecular complexity index is 1100. The van der Waals surface area contributed by atoms with E-state index in [0.717, 1.165) is 22.3 Å². The van der Waals surface area contributed by atoms with E-state index in [1.807, 2.05) is 41.8 Å². The van der Waals surface area contributed by atoms with E-state index >= 15 is 0 Å². The number of thiophene rings is 2. The smallest absolute Gasteiger partial charge is 0.349 e. The number of carbonyl (C=O) groups excluding carboxylic acids is 2. The van der Waals surface area contributed by atoms with E-state index in [1.165, 1.54) is 22.7 Å². The van der Waals surface area contributed by atoms with E-state index in [2.05, 4.69) is 4.72 Å². The Balaban J connectivity index is 1.56. The van der Waals surface area contributed by atoms with Crippen LogP contribution in [0.1, 0.15) is 24.2 Å². The molecule has 0 aliphatic heterocycles. The van der Waals surface area contributed by atoms with Crippen molar-refractivity contribution in [2.75, 3.05) is 19.4 Å². The summed E-state index contributed by atoms with van der Waals surface area (Å²) in [5, 5.41) is 1.82. The Morgan fingerprint density at radius 3 is 2.55 bits per heavy atom. The van der Waals surface area contributed by atoms with Gasteiger partial charge in [-0.1, -0.05) is 30.3 Å². The van der Waals surface area contributed by atoms with Crippen molar-refractivity contribution in [3.63, 3.8) is 0 Å². The minimum atomic E-state index is -3.24. The Morgan fingerprint density at radius 2 is 1.83 bits per heavy atom. The molecule has 0 aliphatic carbocycles. The number of ether oxygens (including phenoxy) is 1. The van der Waals surface area contributed by atoms with Crippen LogP contribution in [0.25, 0.3) is 11.1 Å². The van der Waals surface area contributed by atoms with E-state index in [1.54, 1.807) is 12.1 Å². The highest BCUT2D eigenvalue weighted by Crippen LogP contribution is 2.29. The van der Waals surface area contributed by atoms with Gasteiger partial charge in [0.1, 0.15) is 4.88 Å². The van der Waals surface area contributed by atoms with Gasteiger partial charge < -0.3 is 4.74 Å². The molecule has 1 N–H and O–H groups in total. The molecule has 3 aromatic rings. The molecule has 0 bridgehead atoms. The first kappa shape index (κ1) is 21.4. The van der Waals surface area contributed by atoms with Gasteiger partial charge in [-0.25, -0.2) is 17.9 Å². The summed E-state index contributed by atoms with van der Waals surface area (Å²) in [6, 6.07) is 14.8. The summed E-state index contributed by atoms with van der Waals surface area (Å²) < 4.78 is 29.8. The number of sulfonamides is 1. The number of Topliss-reactive ketones (excluding diaryl/α,β-unsaturated/α-hetero) is 1. The van der Waals surface area contributed by atoms with Crippen LogP contribution in [-0.4, -0.2) is 39.6 Å². The molecule has 0 aliphatic rings.